The van der Waals surface area contributed by atoms with Gasteiger partial charge >= 0.3 is 8.80 Å². The van der Waals surface area contributed by atoms with E-state index in [9.17, 15) is 0 Å². The first-order valence-electron chi connectivity index (χ1n) is 7.76. The van der Waals surface area contributed by atoms with Crippen LogP contribution in [0.1, 0.15) is 53.4 Å². The molecule has 0 radical (unpaired) electrons. The van der Waals surface area contributed by atoms with Gasteiger partial charge < -0.3 is 18.0 Å². The fourth-order valence-corrected chi connectivity index (χ4v) is 6.39. The van der Waals surface area contributed by atoms with Gasteiger partial charge in [-0.25, -0.2) is 0 Å². The van der Waals surface area contributed by atoms with Crippen LogP contribution in [0.5, 0.6) is 0 Å². The summed E-state index contributed by atoms with van der Waals surface area (Å²) in [6.07, 6.45) is 5.43. The Kier molecular flexibility index (Phi) is 5.43. The van der Waals surface area contributed by atoms with Crippen LogP contribution in [0.2, 0.25) is 5.54 Å². The molecular formula is C14H28O4Si. The Morgan fingerprint density at radius 2 is 1.79 bits per heavy atom. The van der Waals surface area contributed by atoms with Gasteiger partial charge in [-0.1, -0.05) is 6.92 Å². The summed E-state index contributed by atoms with van der Waals surface area (Å²) >= 11 is 0. The Labute approximate surface area is 118 Å². The Bertz CT molecular complexity index is 281. The van der Waals surface area contributed by atoms with E-state index >= 15 is 0 Å². The van der Waals surface area contributed by atoms with Crippen molar-refractivity contribution in [2.45, 2.75) is 77.2 Å². The van der Waals surface area contributed by atoms with Crippen LogP contribution in [-0.2, 0) is 18.0 Å². The lowest BCUT2D eigenvalue weighted by Crippen LogP contribution is -2.53. The topological polar surface area (TPSA) is 40.2 Å². The Hall–Kier alpha value is 0.0569. The second-order valence-electron chi connectivity index (χ2n) is 5.53. The molecule has 1 aliphatic heterocycles. The van der Waals surface area contributed by atoms with Crippen molar-refractivity contribution in [3.05, 3.63) is 0 Å². The van der Waals surface area contributed by atoms with Crippen molar-refractivity contribution in [1.29, 1.82) is 0 Å². The van der Waals surface area contributed by atoms with Crippen molar-refractivity contribution in [1.82, 2.24) is 0 Å². The zero-order chi connectivity index (χ0) is 13.9. The predicted octanol–water partition coefficient (Wildman–Crippen LogP) is 3.13. The normalized spacial score (nSPS) is 31.9. The molecular weight excluding hydrogens is 260 g/mol. The molecule has 0 aromatic heterocycles. The molecule has 4 atom stereocenters. The van der Waals surface area contributed by atoms with Crippen molar-refractivity contribution in [2.75, 3.05) is 13.2 Å². The van der Waals surface area contributed by atoms with E-state index in [0.717, 1.165) is 25.7 Å². The molecule has 2 fully saturated rings. The molecule has 2 aliphatic rings. The van der Waals surface area contributed by atoms with Gasteiger partial charge in [-0.3, -0.25) is 0 Å². The van der Waals surface area contributed by atoms with Crippen molar-refractivity contribution in [3.8, 4) is 0 Å². The van der Waals surface area contributed by atoms with E-state index in [2.05, 4.69) is 13.8 Å². The van der Waals surface area contributed by atoms with Crippen LogP contribution in [0.3, 0.4) is 0 Å². The van der Waals surface area contributed by atoms with E-state index in [1.54, 1.807) is 0 Å². The smallest absolute Gasteiger partial charge is 0.374 e. The van der Waals surface area contributed by atoms with E-state index in [1.165, 1.54) is 0 Å². The summed E-state index contributed by atoms with van der Waals surface area (Å²) in [5, 5.41) is 0. The molecule has 19 heavy (non-hydrogen) atoms. The van der Waals surface area contributed by atoms with E-state index in [-0.39, 0.29) is 6.10 Å². The number of ether oxygens (including phenoxy) is 1. The molecule has 0 aromatic rings. The van der Waals surface area contributed by atoms with Crippen molar-refractivity contribution < 1.29 is 18.0 Å². The van der Waals surface area contributed by atoms with Crippen LogP contribution < -0.4 is 0 Å². The fraction of sp³-hybridized carbons (Fsp3) is 1.00. The molecule has 1 saturated heterocycles. The van der Waals surface area contributed by atoms with Gasteiger partial charge in [-0.15, -0.1) is 0 Å². The highest BCUT2D eigenvalue weighted by molar-refractivity contribution is 6.62. The maximum Gasteiger partial charge on any atom is 0.504 e. The zero-order valence-electron chi connectivity index (χ0n) is 12.7. The van der Waals surface area contributed by atoms with Gasteiger partial charge in [0.15, 0.2) is 0 Å². The Balaban J connectivity index is 2.09. The summed E-state index contributed by atoms with van der Waals surface area (Å²) in [7, 11) is -2.57. The minimum atomic E-state index is -2.57. The molecule has 2 rings (SSSR count). The van der Waals surface area contributed by atoms with E-state index < -0.39 is 8.80 Å². The maximum atomic E-state index is 6.31. The lowest BCUT2D eigenvalue weighted by Gasteiger charge is -2.38. The fourth-order valence-electron chi connectivity index (χ4n) is 2.93. The Morgan fingerprint density at radius 1 is 1.11 bits per heavy atom. The molecule has 0 amide bonds. The average Bonchev–Trinajstić information content (AvgIpc) is 3.17. The van der Waals surface area contributed by atoms with Crippen LogP contribution in [0.4, 0.5) is 0 Å². The molecule has 1 aliphatic carbocycles. The molecule has 4 nitrogen and oxygen atoms in total. The van der Waals surface area contributed by atoms with Crippen molar-refractivity contribution in [2.24, 2.45) is 0 Å². The summed E-state index contributed by atoms with van der Waals surface area (Å²) < 4.78 is 24.1. The molecule has 4 unspecified atom stereocenters. The standard InChI is InChI=1S/C14H28O4Si/c1-5-11(4)18-19(15-6-2,16-7-3)12-8-9-13-14(10-12)17-13/h11-14H,5-10H2,1-4H3. The average molecular weight is 288 g/mol. The second kappa shape index (κ2) is 6.67. The number of rotatable bonds is 8. The SMILES string of the molecule is CCO[Si](OCC)(OC(C)CC)C1CCC2OC2C1. The monoisotopic (exact) mass is 288 g/mol. The summed E-state index contributed by atoms with van der Waals surface area (Å²) in [4.78, 5) is 0. The summed E-state index contributed by atoms with van der Waals surface area (Å²) in [6.45, 7) is 9.63. The van der Waals surface area contributed by atoms with Gasteiger partial charge in [0.05, 0.1) is 12.2 Å². The number of hydrogen-bond donors (Lipinski definition) is 0. The maximum absolute atomic E-state index is 6.31. The largest absolute Gasteiger partial charge is 0.504 e. The van der Waals surface area contributed by atoms with Gasteiger partial charge in [-0.2, -0.15) is 0 Å². The van der Waals surface area contributed by atoms with E-state index in [4.69, 9.17) is 18.0 Å². The van der Waals surface area contributed by atoms with Gasteiger partial charge in [0.25, 0.3) is 0 Å². The van der Waals surface area contributed by atoms with Crippen molar-refractivity contribution >= 4 is 8.80 Å². The molecule has 0 N–H and O–H groups in total. The zero-order valence-corrected chi connectivity index (χ0v) is 13.7. The van der Waals surface area contributed by atoms with Crippen molar-refractivity contribution in [3.63, 3.8) is 0 Å². The van der Waals surface area contributed by atoms with Gasteiger partial charge in [0.2, 0.25) is 0 Å². The number of hydrogen-bond acceptors (Lipinski definition) is 4. The first-order chi connectivity index (χ1) is 9.15. The summed E-state index contributed by atoms with van der Waals surface area (Å²) in [6, 6.07) is 0. The lowest BCUT2D eigenvalue weighted by atomic mass is 10.0. The highest BCUT2D eigenvalue weighted by Gasteiger charge is 2.56. The van der Waals surface area contributed by atoms with Gasteiger partial charge in [-0.05, 0) is 46.5 Å². The molecule has 0 aromatic carbocycles. The van der Waals surface area contributed by atoms with Crippen LogP contribution >= 0.6 is 0 Å². The van der Waals surface area contributed by atoms with Gasteiger partial charge in [0, 0.05) is 24.9 Å². The molecule has 5 heteroatoms. The quantitative estimate of drug-likeness (QED) is 0.508. The highest BCUT2D eigenvalue weighted by Crippen LogP contribution is 2.47. The van der Waals surface area contributed by atoms with Crippen LogP contribution in [0.25, 0.3) is 0 Å². The third-order valence-electron chi connectivity index (χ3n) is 4.14. The molecule has 1 saturated carbocycles. The van der Waals surface area contributed by atoms with Crippen LogP contribution in [0, 0.1) is 0 Å². The lowest BCUT2D eigenvalue weighted by molar-refractivity contribution is 0.0251. The first kappa shape index (κ1) is 15.4. The summed E-state index contributed by atoms with van der Waals surface area (Å²) in [5.41, 5.74) is 0.408. The highest BCUT2D eigenvalue weighted by atomic mass is 28.4. The second-order valence-corrected chi connectivity index (χ2v) is 8.37. The van der Waals surface area contributed by atoms with Gasteiger partial charge in [0.1, 0.15) is 0 Å². The molecule has 0 bridgehead atoms. The predicted molar refractivity (Wildman–Crippen MR) is 76.1 cm³/mol. The third-order valence-corrected chi connectivity index (χ3v) is 7.77. The molecule has 1 heterocycles. The summed E-state index contributed by atoms with van der Waals surface area (Å²) in [5.74, 6) is 0. The minimum Gasteiger partial charge on any atom is -0.374 e. The van der Waals surface area contributed by atoms with E-state index in [0.29, 0.717) is 31.0 Å². The molecule has 112 valence electrons. The number of epoxide rings is 1. The first-order valence-corrected chi connectivity index (χ1v) is 9.56. The van der Waals surface area contributed by atoms with Crippen LogP contribution in [-0.4, -0.2) is 40.3 Å². The number of fused-ring (bicyclic) bond motifs is 1. The Morgan fingerprint density at radius 3 is 2.32 bits per heavy atom. The van der Waals surface area contributed by atoms with E-state index in [1.807, 2.05) is 13.8 Å². The molecule has 0 spiro atoms. The van der Waals surface area contributed by atoms with Crippen LogP contribution in [0.15, 0.2) is 0 Å². The minimum absolute atomic E-state index is 0.197. The third kappa shape index (κ3) is 3.58.